The number of anilines is 1. The molecule has 0 aliphatic carbocycles. The predicted octanol–water partition coefficient (Wildman–Crippen LogP) is 2.22. The number of nitrogens with one attached hydrogen (secondary N) is 1. The molecule has 0 spiro atoms. The summed E-state index contributed by atoms with van der Waals surface area (Å²) in [5.74, 6) is -0.198. The van der Waals surface area contributed by atoms with Crippen LogP contribution in [0.5, 0.6) is 0 Å². The summed E-state index contributed by atoms with van der Waals surface area (Å²) in [6.07, 6.45) is 2.98. The summed E-state index contributed by atoms with van der Waals surface area (Å²) in [6.45, 7) is 1.42. The molecule has 0 unspecified atom stereocenters. The molecule has 1 amide bonds. The number of thiazole rings is 1. The maximum Gasteiger partial charge on any atom is 0.223 e. The molecule has 0 fully saturated rings. The van der Waals surface area contributed by atoms with Gasteiger partial charge in [0.15, 0.2) is 5.13 Å². The summed E-state index contributed by atoms with van der Waals surface area (Å²) in [7, 11) is 0. The first-order valence-corrected chi connectivity index (χ1v) is 7.13. The molecule has 3 rings (SSSR count). The van der Waals surface area contributed by atoms with Crippen LogP contribution in [0.25, 0.3) is 16.3 Å². The number of benzene rings is 1. The molecule has 22 heavy (non-hydrogen) atoms. The van der Waals surface area contributed by atoms with Crippen molar-refractivity contribution in [1.29, 1.82) is 5.26 Å². The second kappa shape index (κ2) is 5.75. The molecule has 2 heterocycles. The zero-order valence-corrected chi connectivity index (χ0v) is 12.3. The lowest BCUT2D eigenvalue weighted by molar-refractivity contribution is -0.114. The summed E-state index contributed by atoms with van der Waals surface area (Å²) >= 11 is 1.29. The fourth-order valence-electron chi connectivity index (χ4n) is 1.91. The summed E-state index contributed by atoms with van der Waals surface area (Å²) in [5, 5.41) is 17.0. The highest BCUT2D eigenvalue weighted by atomic mass is 32.1. The van der Waals surface area contributed by atoms with E-state index in [9.17, 15) is 4.79 Å². The molecule has 7 nitrogen and oxygen atoms in total. The smallest absolute Gasteiger partial charge is 0.223 e. The lowest BCUT2D eigenvalue weighted by atomic mass is 10.1. The Kier molecular flexibility index (Phi) is 3.64. The Morgan fingerprint density at radius 2 is 2.32 bits per heavy atom. The van der Waals surface area contributed by atoms with E-state index in [2.05, 4.69) is 26.5 Å². The number of nitriles is 1. The standard InChI is InChI=1S/C14H10N6OS/c1-9(21)18-14-19-12(11-4-2-3-10(5-11)6-15)13(22-14)20-8-16-7-17-20/h2-5,7-8H,1H3,(H,18,19,21). The van der Waals surface area contributed by atoms with Crippen LogP contribution in [0.15, 0.2) is 36.9 Å². The van der Waals surface area contributed by atoms with Gasteiger partial charge in [-0.3, -0.25) is 4.79 Å². The summed E-state index contributed by atoms with van der Waals surface area (Å²) < 4.78 is 1.58. The maximum absolute atomic E-state index is 11.2. The highest BCUT2D eigenvalue weighted by Gasteiger charge is 2.16. The molecule has 0 saturated carbocycles. The van der Waals surface area contributed by atoms with Gasteiger partial charge >= 0.3 is 0 Å². The molecule has 0 aliphatic heterocycles. The van der Waals surface area contributed by atoms with Crippen molar-refractivity contribution in [3.63, 3.8) is 0 Å². The number of carbonyl (C=O) groups excluding carboxylic acids is 1. The first kappa shape index (κ1) is 13.9. The molecule has 108 valence electrons. The van der Waals surface area contributed by atoms with Crippen LogP contribution in [0.3, 0.4) is 0 Å². The van der Waals surface area contributed by atoms with E-state index < -0.39 is 0 Å². The highest BCUT2D eigenvalue weighted by molar-refractivity contribution is 7.18. The van der Waals surface area contributed by atoms with Gasteiger partial charge in [-0.15, -0.1) is 0 Å². The second-order valence-corrected chi connectivity index (χ2v) is 5.36. The third-order valence-corrected chi connectivity index (χ3v) is 3.74. The van der Waals surface area contributed by atoms with E-state index in [1.54, 1.807) is 29.2 Å². The zero-order chi connectivity index (χ0) is 15.5. The van der Waals surface area contributed by atoms with E-state index in [1.807, 2.05) is 6.07 Å². The Morgan fingerprint density at radius 3 is 3.00 bits per heavy atom. The van der Waals surface area contributed by atoms with Crippen LogP contribution < -0.4 is 5.32 Å². The van der Waals surface area contributed by atoms with Gasteiger partial charge in [0, 0.05) is 12.5 Å². The predicted molar refractivity (Wildman–Crippen MR) is 81.5 cm³/mol. The average molecular weight is 310 g/mol. The van der Waals surface area contributed by atoms with Crippen molar-refractivity contribution >= 4 is 22.4 Å². The van der Waals surface area contributed by atoms with Crippen molar-refractivity contribution in [3.05, 3.63) is 42.5 Å². The van der Waals surface area contributed by atoms with Gasteiger partial charge in [-0.05, 0) is 12.1 Å². The molecular formula is C14H10N6OS. The van der Waals surface area contributed by atoms with E-state index in [1.165, 1.54) is 24.6 Å². The number of nitrogens with zero attached hydrogens (tertiary/aromatic N) is 5. The minimum Gasteiger partial charge on any atom is -0.302 e. The molecule has 1 N–H and O–H groups in total. The van der Waals surface area contributed by atoms with Crippen molar-refractivity contribution in [2.24, 2.45) is 0 Å². The zero-order valence-electron chi connectivity index (χ0n) is 11.5. The average Bonchev–Trinajstić information content (AvgIpc) is 3.15. The van der Waals surface area contributed by atoms with Crippen molar-refractivity contribution in [3.8, 4) is 22.3 Å². The molecule has 0 radical (unpaired) electrons. The molecule has 0 atom stereocenters. The molecule has 3 aromatic rings. The third-order valence-electron chi connectivity index (χ3n) is 2.78. The molecule has 8 heteroatoms. The van der Waals surface area contributed by atoms with E-state index in [0.717, 1.165) is 10.6 Å². The molecule has 0 bridgehead atoms. The fourth-order valence-corrected chi connectivity index (χ4v) is 2.87. The SMILES string of the molecule is CC(=O)Nc1nc(-c2cccc(C#N)c2)c(-n2cncn2)s1. The van der Waals surface area contributed by atoms with Gasteiger partial charge in [-0.2, -0.15) is 10.4 Å². The third kappa shape index (κ3) is 2.70. The second-order valence-electron chi connectivity index (χ2n) is 4.39. The van der Waals surface area contributed by atoms with Gasteiger partial charge in [0.25, 0.3) is 0 Å². The number of hydrogen-bond donors (Lipinski definition) is 1. The van der Waals surface area contributed by atoms with E-state index in [0.29, 0.717) is 16.4 Å². The summed E-state index contributed by atoms with van der Waals surface area (Å²) in [4.78, 5) is 19.6. The molecule has 0 aliphatic rings. The Hall–Kier alpha value is -3.05. The largest absolute Gasteiger partial charge is 0.302 e. The van der Waals surface area contributed by atoms with E-state index >= 15 is 0 Å². The van der Waals surface area contributed by atoms with Crippen LogP contribution in [0.4, 0.5) is 5.13 Å². The summed E-state index contributed by atoms with van der Waals surface area (Å²) in [6, 6.07) is 9.21. The van der Waals surface area contributed by atoms with Crippen LogP contribution in [0.1, 0.15) is 12.5 Å². The molecule has 2 aromatic heterocycles. The maximum atomic E-state index is 11.2. The highest BCUT2D eigenvalue weighted by Crippen LogP contribution is 2.34. The number of amides is 1. The topological polar surface area (TPSA) is 96.5 Å². The molecule has 0 saturated heterocycles. The van der Waals surface area contributed by atoms with Crippen molar-refractivity contribution in [1.82, 2.24) is 19.7 Å². The van der Waals surface area contributed by atoms with Crippen molar-refractivity contribution in [2.45, 2.75) is 6.92 Å². The van der Waals surface area contributed by atoms with E-state index in [-0.39, 0.29) is 5.91 Å². The van der Waals surface area contributed by atoms with Crippen LogP contribution in [-0.2, 0) is 4.79 Å². The molecular weight excluding hydrogens is 300 g/mol. The fraction of sp³-hybridized carbons (Fsp3) is 0.0714. The van der Waals surface area contributed by atoms with Gasteiger partial charge in [0.05, 0.1) is 11.6 Å². The van der Waals surface area contributed by atoms with Crippen LogP contribution >= 0.6 is 11.3 Å². The monoisotopic (exact) mass is 310 g/mol. The number of carbonyl (C=O) groups is 1. The van der Waals surface area contributed by atoms with Crippen LogP contribution in [0, 0.1) is 11.3 Å². The van der Waals surface area contributed by atoms with Gasteiger partial charge in [-0.25, -0.2) is 14.6 Å². The lowest BCUT2D eigenvalue weighted by Gasteiger charge is -2.01. The minimum atomic E-state index is -0.198. The minimum absolute atomic E-state index is 0.198. The quantitative estimate of drug-likeness (QED) is 0.800. The Morgan fingerprint density at radius 1 is 1.45 bits per heavy atom. The normalized spacial score (nSPS) is 10.2. The Balaban J connectivity index is 2.14. The lowest BCUT2D eigenvalue weighted by Crippen LogP contribution is -2.04. The summed E-state index contributed by atoms with van der Waals surface area (Å²) in [5.41, 5.74) is 1.95. The van der Waals surface area contributed by atoms with Gasteiger partial charge in [-0.1, -0.05) is 23.5 Å². The Labute approximate surface area is 129 Å². The number of hydrogen-bond acceptors (Lipinski definition) is 6. The van der Waals surface area contributed by atoms with Crippen molar-refractivity contribution in [2.75, 3.05) is 5.32 Å². The van der Waals surface area contributed by atoms with E-state index in [4.69, 9.17) is 5.26 Å². The number of aromatic nitrogens is 4. The van der Waals surface area contributed by atoms with Gasteiger partial charge < -0.3 is 5.32 Å². The van der Waals surface area contributed by atoms with Crippen molar-refractivity contribution < 1.29 is 4.79 Å². The van der Waals surface area contributed by atoms with Gasteiger partial charge in [0.2, 0.25) is 5.91 Å². The van der Waals surface area contributed by atoms with Crippen LogP contribution in [0.2, 0.25) is 0 Å². The number of rotatable bonds is 3. The first-order chi connectivity index (χ1) is 10.7. The molecule has 1 aromatic carbocycles. The van der Waals surface area contributed by atoms with Gasteiger partial charge in [0.1, 0.15) is 23.3 Å². The van der Waals surface area contributed by atoms with Crippen LogP contribution in [-0.4, -0.2) is 25.7 Å². The first-order valence-electron chi connectivity index (χ1n) is 6.31. The Bertz CT molecular complexity index is 862.